The molecule has 96 valence electrons. The number of carbonyl (C=O) groups excluding carboxylic acids is 1. The van der Waals surface area contributed by atoms with E-state index in [2.05, 4.69) is 13.0 Å². The van der Waals surface area contributed by atoms with Crippen LogP contribution in [0, 0.1) is 44.1 Å². The zero-order valence-electron chi connectivity index (χ0n) is 12.1. The van der Waals surface area contributed by atoms with E-state index in [0.29, 0.717) is 6.42 Å². The Morgan fingerprint density at radius 3 is 1.88 bits per heavy atom. The molecular weight excluding hydrogens is 434 g/mol. The van der Waals surface area contributed by atoms with Crippen LogP contribution >= 0.6 is 0 Å². The number of benzene rings is 1. The van der Waals surface area contributed by atoms with Crippen molar-refractivity contribution >= 4 is 5.78 Å². The van der Waals surface area contributed by atoms with Gasteiger partial charge < -0.3 is 11.7 Å². The zero-order chi connectivity index (χ0) is 13.4. The van der Waals surface area contributed by atoms with Crippen LogP contribution in [0.25, 0.3) is 0 Å². The number of rotatable bonds is 2. The predicted molar refractivity (Wildman–Crippen MR) is 73.4 cm³/mol. The second kappa shape index (κ2) is 24.9. The SMILES string of the molecule is CC.CC.CC.[CH2-]C(=O)Cc1[c-]cccc1.[U+2]. The van der Waals surface area contributed by atoms with Gasteiger partial charge in [0.05, 0.1) is 0 Å². The Morgan fingerprint density at radius 2 is 1.59 bits per heavy atom. The van der Waals surface area contributed by atoms with Gasteiger partial charge in [0.15, 0.2) is 0 Å². The Morgan fingerprint density at radius 1 is 1.12 bits per heavy atom. The maximum atomic E-state index is 10.5. The Hall–Kier alpha value is -0.188. The van der Waals surface area contributed by atoms with E-state index in [4.69, 9.17) is 0 Å². The standard InChI is InChI=1S/C9H8O.3C2H6.U/c1-8(10)7-9-5-3-2-4-6-9;3*1-2;/h2-5H,1,7H2;3*1-2H3;/q-2;;;;+2. The van der Waals surface area contributed by atoms with Crippen molar-refractivity contribution in [3.05, 3.63) is 42.8 Å². The first-order chi connectivity index (χ1) is 7.79. The number of ketones is 1. The third-order valence-electron chi connectivity index (χ3n) is 1.16. The first-order valence-corrected chi connectivity index (χ1v) is 6.09. The summed E-state index contributed by atoms with van der Waals surface area (Å²) in [6, 6.07) is 10.3. The molecule has 0 aliphatic carbocycles. The summed E-state index contributed by atoms with van der Waals surface area (Å²) in [6.45, 7) is 15.3. The second-order valence-corrected chi connectivity index (χ2v) is 2.10. The summed E-state index contributed by atoms with van der Waals surface area (Å²) < 4.78 is 0. The molecule has 0 heterocycles. The first kappa shape index (κ1) is 25.6. The van der Waals surface area contributed by atoms with Crippen LogP contribution in [0.1, 0.15) is 47.1 Å². The van der Waals surface area contributed by atoms with E-state index in [1.54, 1.807) is 6.07 Å². The Bertz CT molecular complexity index is 220. The number of hydrogen-bond acceptors (Lipinski definition) is 1. The van der Waals surface area contributed by atoms with E-state index in [1.807, 2.05) is 59.7 Å². The molecule has 0 aliphatic rings. The van der Waals surface area contributed by atoms with Gasteiger partial charge in [-0.3, -0.25) is 0 Å². The summed E-state index contributed by atoms with van der Waals surface area (Å²) in [7, 11) is 0. The molecule has 2 heteroatoms. The van der Waals surface area contributed by atoms with Crippen LogP contribution in [0.5, 0.6) is 0 Å². The van der Waals surface area contributed by atoms with Crippen molar-refractivity contribution < 1.29 is 35.9 Å². The van der Waals surface area contributed by atoms with Gasteiger partial charge in [0.2, 0.25) is 0 Å². The summed E-state index contributed by atoms with van der Waals surface area (Å²) in [6.07, 6.45) is 0.390. The van der Waals surface area contributed by atoms with Crippen molar-refractivity contribution in [2.24, 2.45) is 0 Å². The van der Waals surface area contributed by atoms with Gasteiger partial charge in [-0.25, -0.2) is 0 Å². The van der Waals surface area contributed by atoms with Crippen LogP contribution < -0.4 is 0 Å². The van der Waals surface area contributed by atoms with E-state index in [-0.39, 0.29) is 36.9 Å². The van der Waals surface area contributed by atoms with Gasteiger partial charge in [0.1, 0.15) is 0 Å². The van der Waals surface area contributed by atoms with E-state index in [9.17, 15) is 4.79 Å². The molecule has 1 aromatic rings. The van der Waals surface area contributed by atoms with Gasteiger partial charge in [0, 0.05) is 0 Å². The minimum absolute atomic E-state index is 0. The molecule has 0 unspecified atom stereocenters. The summed E-state index contributed by atoms with van der Waals surface area (Å²) in [5.74, 6) is -0.0672. The summed E-state index contributed by atoms with van der Waals surface area (Å²) in [4.78, 5) is 10.5. The van der Waals surface area contributed by atoms with Crippen molar-refractivity contribution in [2.75, 3.05) is 0 Å². The topological polar surface area (TPSA) is 17.1 Å². The molecule has 0 spiro atoms. The van der Waals surface area contributed by atoms with Gasteiger partial charge in [-0.1, -0.05) is 41.5 Å². The maximum absolute atomic E-state index is 10.5. The van der Waals surface area contributed by atoms with Crippen LogP contribution in [0.15, 0.2) is 24.3 Å². The third-order valence-corrected chi connectivity index (χ3v) is 1.16. The van der Waals surface area contributed by atoms with Crippen molar-refractivity contribution in [1.29, 1.82) is 0 Å². The van der Waals surface area contributed by atoms with Crippen LogP contribution in [-0.4, -0.2) is 5.78 Å². The molecule has 0 radical (unpaired) electrons. The number of Topliss-reactive ketones (excluding diaryl/α,β-unsaturated/α-hetero) is 1. The Labute approximate surface area is 132 Å². The first-order valence-electron chi connectivity index (χ1n) is 6.09. The quantitative estimate of drug-likeness (QED) is 0.594. The third kappa shape index (κ3) is 21.6. The molecule has 0 aliphatic heterocycles. The van der Waals surface area contributed by atoms with E-state index in [0.717, 1.165) is 5.56 Å². The van der Waals surface area contributed by atoms with Gasteiger partial charge >= 0.3 is 31.1 Å². The van der Waals surface area contributed by atoms with Gasteiger partial charge in [-0.15, -0.1) is 0 Å². The van der Waals surface area contributed by atoms with Gasteiger partial charge in [-0.05, 0) is 12.2 Å². The average Bonchev–Trinajstić information content (AvgIpc) is 2.37. The smallest absolute Gasteiger partial charge is 0.339 e. The Kier molecular flexibility index (Phi) is 37.5. The van der Waals surface area contributed by atoms with E-state index >= 15 is 0 Å². The molecule has 0 saturated heterocycles. The van der Waals surface area contributed by atoms with Crippen LogP contribution in [0.2, 0.25) is 0 Å². The molecule has 0 aromatic heterocycles. The van der Waals surface area contributed by atoms with Crippen molar-refractivity contribution in [3.63, 3.8) is 0 Å². The molecule has 0 saturated carbocycles. The number of carbonyl (C=O) groups is 1. The van der Waals surface area contributed by atoms with Crippen molar-refractivity contribution in [3.8, 4) is 0 Å². The summed E-state index contributed by atoms with van der Waals surface area (Å²) >= 11 is 0. The zero-order valence-corrected chi connectivity index (χ0v) is 16.3. The molecule has 0 N–H and O–H groups in total. The van der Waals surface area contributed by atoms with Gasteiger partial charge in [-0.2, -0.15) is 35.9 Å². The molecule has 17 heavy (non-hydrogen) atoms. The molecule has 1 nitrogen and oxygen atoms in total. The molecule has 1 aromatic carbocycles. The molecule has 1 rings (SSSR count). The van der Waals surface area contributed by atoms with Crippen molar-refractivity contribution in [1.82, 2.24) is 0 Å². The minimum Gasteiger partial charge on any atom is -0.339 e. The van der Waals surface area contributed by atoms with E-state index < -0.39 is 0 Å². The van der Waals surface area contributed by atoms with Crippen LogP contribution in [0.3, 0.4) is 0 Å². The van der Waals surface area contributed by atoms with Crippen LogP contribution in [-0.2, 0) is 11.2 Å². The molecule has 0 bridgehead atoms. The predicted octanol–water partition coefficient (Wildman–Crippen LogP) is 4.51. The van der Waals surface area contributed by atoms with Crippen LogP contribution in [0.4, 0.5) is 0 Å². The molecule has 0 amide bonds. The summed E-state index contributed by atoms with van der Waals surface area (Å²) in [5.41, 5.74) is 0.905. The fraction of sp³-hybridized carbons (Fsp3) is 0.467. The van der Waals surface area contributed by atoms with Crippen molar-refractivity contribution in [2.45, 2.75) is 48.0 Å². The molecule has 0 fully saturated rings. The minimum atomic E-state index is -0.0672. The second-order valence-electron chi connectivity index (χ2n) is 2.10. The fourth-order valence-electron chi connectivity index (χ4n) is 0.753. The average molecular weight is 460 g/mol. The number of hydrogen-bond donors (Lipinski definition) is 0. The fourth-order valence-corrected chi connectivity index (χ4v) is 0.753. The molecule has 0 atom stereocenters. The Balaban J connectivity index is -0.000000106. The largest absolute Gasteiger partial charge is 2.00 e. The van der Waals surface area contributed by atoms with Gasteiger partial charge in [0.25, 0.3) is 0 Å². The summed E-state index contributed by atoms with van der Waals surface area (Å²) in [5, 5.41) is 0. The molecular formula is C15H26OU. The monoisotopic (exact) mass is 460 g/mol. The van der Waals surface area contributed by atoms with E-state index in [1.165, 1.54) is 0 Å². The maximum Gasteiger partial charge on any atom is 2.00 e. The normalized spacial score (nSPS) is 6.47.